The lowest BCUT2D eigenvalue weighted by Crippen LogP contribution is -2.45. The predicted molar refractivity (Wildman–Crippen MR) is 86.1 cm³/mol. The fourth-order valence-corrected chi connectivity index (χ4v) is 2.39. The molecule has 24 heavy (non-hydrogen) atoms. The smallest absolute Gasteiger partial charge is 0.338 e. The number of carbonyl (C=O) groups excluding carboxylic acids is 2. The average molecular weight is 333 g/mol. The molecule has 0 radical (unpaired) electrons. The number of rotatable bonds is 6. The maximum Gasteiger partial charge on any atom is 0.338 e. The van der Waals surface area contributed by atoms with E-state index in [0.29, 0.717) is 23.4 Å². The topological polar surface area (TPSA) is 111 Å². The van der Waals surface area contributed by atoms with Gasteiger partial charge >= 0.3 is 12.0 Å². The van der Waals surface area contributed by atoms with Crippen LogP contribution in [0.1, 0.15) is 38.3 Å². The van der Waals surface area contributed by atoms with E-state index in [2.05, 4.69) is 10.6 Å². The van der Waals surface area contributed by atoms with Crippen LogP contribution >= 0.6 is 0 Å². The highest BCUT2D eigenvalue weighted by Crippen LogP contribution is 2.28. The van der Waals surface area contributed by atoms with Gasteiger partial charge in [-0.3, -0.25) is 10.1 Å². The summed E-state index contributed by atoms with van der Waals surface area (Å²) in [6.45, 7) is 3.90. The number of nitro benzene ring substituents is 1. The first kappa shape index (κ1) is 17.5. The zero-order chi connectivity index (χ0) is 17.7. The summed E-state index contributed by atoms with van der Waals surface area (Å²) < 4.78 is 5.24. The van der Waals surface area contributed by atoms with Gasteiger partial charge in [0, 0.05) is 17.8 Å². The van der Waals surface area contributed by atoms with E-state index in [-0.39, 0.29) is 5.69 Å². The van der Waals surface area contributed by atoms with Gasteiger partial charge in [-0.15, -0.1) is 0 Å². The van der Waals surface area contributed by atoms with Crippen LogP contribution < -0.4 is 10.6 Å². The highest BCUT2D eigenvalue weighted by Gasteiger charge is 2.32. The number of allylic oxidation sites excluding steroid dienone is 1. The molecule has 0 bridgehead atoms. The third kappa shape index (κ3) is 3.89. The summed E-state index contributed by atoms with van der Waals surface area (Å²) in [7, 11) is 0. The van der Waals surface area contributed by atoms with E-state index in [1.54, 1.807) is 6.92 Å². The molecule has 1 heterocycles. The van der Waals surface area contributed by atoms with Crippen molar-refractivity contribution >= 4 is 17.7 Å². The number of esters is 1. The van der Waals surface area contributed by atoms with Crippen molar-refractivity contribution in [3.63, 3.8) is 0 Å². The average Bonchev–Trinajstić information content (AvgIpc) is 2.54. The number of nitrogens with one attached hydrogen (secondary N) is 2. The SMILES string of the molecule is CCCCOC(=O)C1=C(C)NC(=O)N[C@H]1c1ccc([N+](=O)[O-])cc1. The molecule has 8 nitrogen and oxygen atoms in total. The van der Waals surface area contributed by atoms with E-state index in [1.807, 2.05) is 6.92 Å². The van der Waals surface area contributed by atoms with Crippen LogP contribution in [0.5, 0.6) is 0 Å². The summed E-state index contributed by atoms with van der Waals surface area (Å²) in [4.78, 5) is 34.4. The molecular weight excluding hydrogens is 314 g/mol. The minimum absolute atomic E-state index is 0.0632. The van der Waals surface area contributed by atoms with Gasteiger partial charge in [-0.2, -0.15) is 0 Å². The minimum Gasteiger partial charge on any atom is -0.462 e. The van der Waals surface area contributed by atoms with Gasteiger partial charge in [-0.05, 0) is 31.0 Å². The minimum atomic E-state index is -0.714. The molecule has 128 valence electrons. The van der Waals surface area contributed by atoms with Gasteiger partial charge < -0.3 is 15.4 Å². The Hall–Kier alpha value is -2.90. The molecular formula is C16H19N3O5. The molecule has 0 aliphatic carbocycles. The van der Waals surface area contributed by atoms with E-state index < -0.39 is 23.0 Å². The Bertz CT molecular complexity index is 681. The molecule has 1 aromatic rings. The van der Waals surface area contributed by atoms with Crippen LogP contribution in [0, 0.1) is 10.1 Å². The van der Waals surface area contributed by atoms with Crippen molar-refractivity contribution in [2.75, 3.05) is 6.61 Å². The molecule has 2 amide bonds. The van der Waals surface area contributed by atoms with Crippen LogP contribution in [0.2, 0.25) is 0 Å². The number of hydrogen-bond donors (Lipinski definition) is 2. The van der Waals surface area contributed by atoms with E-state index in [4.69, 9.17) is 4.74 Å². The number of ether oxygens (including phenoxy) is 1. The first-order valence-electron chi connectivity index (χ1n) is 7.63. The van der Waals surface area contributed by atoms with Crippen LogP contribution in [-0.2, 0) is 9.53 Å². The van der Waals surface area contributed by atoms with Gasteiger partial charge in [0.1, 0.15) is 0 Å². The Balaban J connectivity index is 2.30. The Labute approximate surface area is 139 Å². The number of non-ortho nitro benzene ring substituents is 1. The van der Waals surface area contributed by atoms with Gasteiger partial charge in [0.15, 0.2) is 0 Å². The van der Waals surface area contributed by atoms with Crippen LogP contribution in [0.4, 0.5) is 10.5 Å². The number of unbranched alkanes of at least 4 members (excludes halogenated alkanes) is 1. The molecule has 2 rings (SSSR count). The monoisotopic (exact) mass is 333 g/mol. The fraction of sp³-hybridized carbons (Fsp3) is 0.375. The zero-order valence-corrected chi connectivity index (χ0v) is 13.5. The first-order chi connectivity index (χ1) is 11.4. The predicted octanol–water partition coefficient (Wildman–Crippen LogP) is 2.57. The number of amides is 2. The normalized spacial score (nSPS) is 17.1. The van der Waals surface area contributed by atoms with Crippen LogP contribution in [0.25, 0.3) is 0 Å². The summed E-state index contributed by atoms with van der Waals surface area (Å²) in [5, 5.41) is 16.0. The van der Waals surface area contributed by atoms with Crippen molar-refractivity contribution in [3.8, 4) is 0 Å². The Morgan fingerprint density at radius 2 is 2.00 bits per heavy atom. The van der Waals surface area contributed by atoms with E-state index in [9.17, 15) is 19.7 Å². The Morgan fingerprint density at radius 1 is 1.33 bits per heavy atom. The molecule has 0 aromatic heterocycles. The van der Waals surface area contributed by atoms with Crippen molar-refractivity contribution in [2.24, 2.45) is 0 Å². The number of nitrogens with zero attached hydrogens (tertiary/aromatic N) is 1. The van der Waals surface area contributed by atoms with Crippen LogP contribution in [0.3, 0.4) is 0 Å². The number of urea groups is 1. The van der Waals surface area contributed by atoms with Gasteiger partial charge in [0.05, 0.1) is 23.1 Å². The van der Waals surface area contributed by atoms with Gasteiger partial charge in [0.25, 0.3) is 5.69 Å². The quantitative estimate of drug-likeness (QED) is 0.360. The molecule has 0 saturated heterocycles. The van der Waals surface area contributed by atoms with Gasteiger partial charge in [-0.25, -0.2) is 9.59 Å². The molecule has 1 atom stereocenters. The molecule has 0 unspecified atom stereocenters. The van der Waals surface area contributed by atoms with Crippen molar-refractivity contribution in [3.05, 3.63) is 51.2 Å². The van der Waals surface area contributed by atoms with Crippen LogP contribution in [0.15, 0.2) is 35.5 Å². The third-order valence-corrected chi connectivity index (χ3v) is 3.66. The third-order valence-electron chi connectivity index (χ3n) is 3.66. The zero-order valence-electron chi connectivity index (χ0n) is 13.5. The highest BCUT2D eigenvalue weighted by molar-refractivity contribution is 5.95. The molecule has 1 aliphatic rings. The molecule has 8 heteroatoms. The molecule has 2 N–H and O–H groups in total. The standard InChI is InChI=1S/C16H19N3O5/c1-3-4-9-24-15(20)13-10(2)17-16(21)18-14(13)11-5-7-12(8-6-11)19(22)23/h5-8,14H,3-4,9H2,1-2H3,(H2,17,18,21)/t14-/m0/s1. The number of benzene rings is 1. The maximum atomic E-state index is 12.4. The Morgan fingerprint density at radius 3 is 2.58 bits per heavy atom. The Kier molecular flexibility index (Phi) is 5.51. The molecule has 1 aliphatic heterocycles. The summed E-state index contributed by atoms with van der Waals surface area (Å²) in [5.41, 5.74) is 1.20. The van der Waals surface area contributed by atoms with Gasteiger partial charge in [0.2, 0.25) is 0 Å². The molecule has 1 aromatic carbocycles. The number of hydrogen-bond acceptors (Lipinski definition) is 5. The number of carbonyl (C=O) groups is 2. The fourth-order valence-electron chi connectivity index (χ4n) is 2.39. The second-order valence-electron chi connectivity index (χ2n) is 5.41. The second-order valence-corrected chi connectivity index (χ2v) is 5.41. The van der Waals surface area contributed by atoms with Crippen molar-refractivity contribution in [2.45, 2.75) is 32.7 Å². The largest absolute Gasteiger partial charge is 0.462 e. The van der Waals surface area contributed by atoms with Crippen molar-refractivity contribution in [1.29, 1.82) is 0 Å². The summed E-state index contributed by atoms with van der Waals surface area (Å²) in [6.07, 6.45) is 1.64. The van der Waals surface area contributed by atoms with Crippen LogP contribution in [-0.4, -0.2) is 23.5 Å². The molecule has 0 spiro atoms. The first-order valence-corrected chi connectivity index (χ1v) is 7.63. The molecule has 0 saturated carbocycles. The van der Waals surface area contributed by atoms with E-state index >= 15 is 0 Å². The number of nitro groups is 1. The van der Waals surface area contributed by atoms with E-state index in [1.165, 1.54) is 24.3 Å². The lowest BCUT2D eigenvalue weighted by molar-refractivity contribution is -0.384. The summed E-state index contributed by atoms with van der Waals surface area (Å²) in [6, 6.07) is 4.54. The lowest BCUT2D eigenvalue weighted by atomic mass is 9.95. The highest BCUT2D eigenvalue weighted by atomic mass is 16.6. The van der Waals surface area contributed by atoms with Gasteiger partial charge in [-0.1, -0.05) is 13.3 Å². The maximum absolute atomic E-state index is 12.4. The van der Waals surface area contributed by atoms with Crippen molar-refractivity contribution in [1.82, 2.24) is 10.6 Å². The lowest BCUT2D eigenvalue weighted by Gasteiger charge is -2.28. The van der Waals surface area contributed by atoms with E-state index in [0.717, 1.165) is 12.8 Å². The summed E-state index contributed by atoms with van der Waals surface area (Å²) in [5.74, 6) is -0.517. The summed E-state index contributed by atoms with van der Waals surface area (Å²) >= 11 is 0. The molecule has 0 fully saturated rings. The second kappa shape index (κ2) is 7.58. The van der Waals surface area contributed by atoms with Crippen molar-refractivity contribution < 1.29 is 19.2 Å².